The molecule has 1 aromatic heterocycles. The van der Waals surface area contributed by atoms with Gasteiger partial charge >= 0.3 is 219 Å². The molecule has 0 spiro atoms. The van der Waals surface area contributed by atoms with Crippen LogP contribution < -0.4 is 0 Å². The van der Waals surface area contributed by atoms with E-state index in [1.165, 1.54) is 66.5 Å². The topological polar surface area (TPSA) is 42.5 Å². The Bertz CT molecular complexity index is 3710. The molecule has 3 aliphatic carbocycles. The second-order valence-electron chi connectivity index (χ2n) is 17.6. The quantitative estimate of drug-likeness (QED) is 0.116. The molecule has 4 nitrogen and oxygen atoms in total. The van der Waals surface area contributed by atoms with Crippen LogP contribution in [0.15, 0.2) is 228 Å². The fourth-order valence-electron chi connectivity index (χ4n) is 10.3. The van der Waals surface area contributed by atoms with E-state index in [4.69, 9.17) is 15.0 Å². The Morgan fingerprint density at radius 1 is 0.582 bits per heavy atom. The molecule has 2 heterocycles. The molecule has 67 heavy (non-hydrogen) atoms. The van der Waals surface area contributed by atoms with E-state index in [0.717, 1.165) is 74.8 Å². The Hall–Kier alpha value is -7.74. The van der Waals surface area contributed by atoms with Gasteiger partial charge in [-0.25, -0.2) is 4.98 Å². The fraction of sp³-hybridized carbons (Fsp3) is 0.0484. The molecule has 4 aliphatic rings. The summed E-state index contributed by atoms with van der Waals surface area (Å²) in [6.07, 6.45) is 9.90. The van der Waals surface area contributed by atoms with Gasteiger partial charge in [-0.2, -0.15) is 0 Å². The third-order valence-electron chi connectivity index (χ3n) is 13.5. The van der Waals surface area contributed by atoms with Gasteiger partial charge < -0.3 is 0 Å². The zero-order chi connectivity index (χ0) is 44.6. The zero-order valence-electron chi connectivity index (χ0n) is 36.9. The molecule has 1 aliphatic heterocycles. The molecule has 0 unspecified atom stereocenters. The second-order valence-corrected chi connectivity index (χ2v) is 22.6. The van der Waals surface area contributed by atoms with Gasteiger partial charge in [-0.15, -0.1) is 0 Å². The molecule has 13 rings (SSSR count). The van der Waals surface area contributed by atoms with Crippen LogP contribution >= 0.6 is 19.8 Å². The molecule has 0 saturated heterocycles. The smallest absolute Gasteiger partial charge is 0.292 e. The minimum absolute atomic E-state index is 0.836. The molecule has 0 saturated carbocycles. The van der Waals surface area contributed by atoms with Crippen molar-refractivity contribution in [1.29, 1.82) is 0 Å². The first kappa shape index (κ1) is 39.6. The number of fused-ring (bicyclic) bond motifs is 8. The number of aromatic nitrogens is 2. The number of rotatable bonds is 7. The number of halogens is 1. The molecule has 0 bridgehead atoms. The van der Waals surface area contributed by atoms with Crippen LogP contribution in [-0.2, 0) is 12.8 Å². The van der Waals surface area contributed by atoms with Gasteiger partial charge in [-0.05, 0) is 70.7 Å². The van der Waals surface area contributed by atoms with Crippen LogP contribution in [0.4, 0.5) is 5.69 Å². The average molecular weight is 971 g/mol. The number of para-hydroxylation sites is 4. The van der Waals surface area contributed by atoms with Crippen molar-refractivity contribution in [2.75, 3.05) is 0 Å². The third-order valence-corrected chi connectivity index (χ3v) is 19.5. The van der Waals surface area contributed by atoms with Crippen molar-refractivity contribution in [3.8, 4) is 39.3 Å². The van der Waals surface area contributed by atoms with Gasteiger partial charge in [0.05, 0.1) is 11.0 Å². The molecular weight excluding hydrogens is 928 g/mol. The van der Waals surface area contributed by atoms with Gasteiger partial charge in [0, 0.05) is 11.3 Å². The molecule has 0 atom stereocenters. The van der Waals surface area contributed by atoms with Gasteiger partial charge in [-0.3, -0.25) is 4.57 Å². The summed E-state index contributed by atoms with van der Waals surface area (Å²) in [4.78, 5) is 15.9. The normalized spacial score (nSPS) is 15.6. The molecule has 0 amide bonds. The number of aliphatic imine (C=N–C) groups is 2. The van der Waals surface area contributed by atoms with E-state index >= 15 is 0 Å². The molecule has 0 fully saturated rings. The second kappa shape index (κ2) is 16.0. The minimum atomic E-state index is -1.94. The van der Waals surface area contributed by atoms with Gasteiger partial charge in [-0.1, -0.05) is 73.3 Å². The van der Waals surface area contributed by atoms with Crippen LogP contribution in [-0.4, -0.2) is 19.0 Å². The van der Waals surface area contributed by atoms with E-state index in [-0.39, 0.29) is 0 Å². The molecule has 0 radical (unpaired) electrons. The number of benzene rings is 8. The average Bonchev–Trinajstić information content (AvgIpc) is 4.15. The van der Waals surface area contributed by atoms with Crippen molar-refractivity contribution >= 4 is 57.2 Å². The van der Waals surface area contributed by atoms with E-state index < -0.39 is 19.8 Å². The Labute approximate surface area is 397 Å². The maximum atomic E-state index is 5.43. The standard InChI is InChI=1S/C62H43IN4/c1-39-15-9-11-21-56(39)64-60(42-26-30-52-46(34-42)38-48-36-44(28-32-54(48)52)62-66-58-23-13-14-24-59(58)67(62)50-18-7-4-8-19-50)40(2)41-25-29-51-45(33-41)37-47-35-43(27-31-53(47)51)61-63(49-16-5-3-6-17-49)55-20-10-12-22-57(55)65-61/h3-36H,1,37-38H2,2H3/b60-40+,64-56?. The predicted octanol–water partition coefficient (Wildman–Crippen LogP) is 15.5. The zero-order valence-corrected chi connectivity index (χ0v) is 39.1. The molecule has 5 heteroatoms. The fourth-order valence-corrected chi connectivity index (χ4v) is 16.1. The summed E-state index contributed by atoms with van der Waals surface area (Å²) in [6.45, 7) is 6.59. The summed E-state index contributed by atoms with van der Waals surface area (Å²) in [5.41, 5.74) is 23.3. The van der Waals surface area contributed by atoms with Crippen molar-refractivity contribution in [1.82, 2.24) is 9.55 Å². The molecule has 0 N–H and O–H groups in total. The van der Waals surface area contributed by atoms with Gasteiger partial charge in [0.15, 0.2) is 0 Å². The summed E-state index contributed by atoms with van der Waals surface area (Å²) >= 11 is -1.94. The summed E-state index contributed by atoms with van der Waals surface area (Å²) in [7, 11) is 0. The van der Waals surface area contributed by atoms with Gasteiger partial charge in [0.25, 0.3) is 0 Å². The summed E-state index contributed by atoms with van der Waals surface area (Å²) < 4.78 is 6.40. The molecule has 8 aromatic carbocycles. The van der Waals surface area contributed by atoms with Gasteiger partial charge in [0.1, 0.15) is 5.82 Å². The van der Waals surface area contributed by atoms with Crippen molar-refractivity contribution in [3.63, 3.8) is 0 Å². The van der Waals surface area contributed by atoms with Crippen LogP contribution in [0.25, 0.3) is 61.6 Å². The van der Waals surface area contributed by atoms with Crippen molar-refractivity contribution in [2.24, 2.45) is 9.98 Å². The molecular formula is C62H43IN4. The van der Waals surface area contributed by atoms with Crippen molar-refractivity contribution < 1.29 is 0 Å². The van der Waals surface area contributed by atoms with Crippen LogP contribution in [0.2, 0.25) is 0 Å². The van der Waals surface area contributed by atoms with E-state index in [1.807, 2.05) is 18.2 Å². The maximum absolute atomic E-state index is 5.43. The van der Waals surface area contributed by atoms with Crippen LogP contribution in [0.3, 0.4) is 0 Å². The third kappa shape index (κ3) is 6.75. The van der Waals surface area contributed by atoms with E-state index in [0.29, 0.717) is 0 Å². The number of hydrogen-bond donors (Lipinski definition) is 0. The van der Waals surface area contributed by atoms with E-state index in [9.17, 15) is 0 Å². The van der Waals surface area contributed by atoms with Crippen molar-refractivity contribution in [3.05, 3.63) is 265 Å². The SMILES string of the molecule is C=C1C=CC=CC1=N/C(=C(\C)c1ccc2c(c1)Cc1cc(C3=Nc4ccccc4I3c3ccccc3)ccc1-2)c1ccc2c(c1)Cc1cc(-c3nc4ccccc4n3-c3ccccc3)ccc1-2. The first-order valence-corrected chi connectivity index (χ1v) is 26.1. The Morgan fingerprint density at radius 2 is 1.18 bits per heavy atom. The predicted molar refractivity (Wildman–Crippen MR) is 287 cm³/mol. The first-order valence-electron chi connectivity index (χ1n) is 22.9. The molecule has 318 valence electrons. The Balaban J connectivity index is 0.844. The summed E-state index contributed by atoms with van der Waals surface area (Å²) in [6, 6.07) is 66.6. The Morgan fingerprint density at radius 3 is 1.94 bits per heavy atom. The monoisotopic (exact) mass is 970 g/mol. The van der Waals surface area contributed by atoms with Crippen LogP contribution in [0.1, 0.15) is 45.9 Å². The van der Waals surface area contributed by atoms with E-state index in [1.54, 1.807) is 0 Å². The minimum Gasteiger partial charge on any atom is -0.292 e. The Kier molecular flexibility index (Phi) is 9.46. The summed E-state index contributed by atoms with van der Waals surface area (Å²) in [5.74, 6) is 0.948. The van der Waals surface area contributed by atoms with Gasteiger partial charge in [0.2, 0.25) is 0 Å². The van der Waals surface area contributed by atoms with E-state index in [2.05, 4.69) is 206 Å². The number of hydrogen-bond acceptors (Lipinski definition) is 3. The number of nitrogens with zero attached hydrogens (tertiary/aromatic N) is 4. The van der Waals surface area contributed by atoms with Crippen molar-refractivity contribution in [2.45, 2.75) is 19.8 Å². The van der Waals surface area contributed by atoms with Crippen LogP contribution in [0, 0.1) is 7.14 Å². The number of allylic oxidation sites excluding steroid dienone is 6. The number of imidazole rings is 1. The molecule has 9 aromatic rings. The first-order chi connectivity index (χ1) is 33.0. The summed E-state index contributed by atoms with van der Waals surface area (Å²) in [5, 5.41) is 0. The van der Waals surface area contributed by atoms with Crippen LogP contribution in [0.5, 0.6) is 0 Å².